The van der Waals surface area contributed by atoms with Crippen molar-refractivity contribution < 1.29 is 4.52 Å². The van der Waals surface area contributed by atoms with Crippen molar-refractivity contribution in [2.45, 2.75) is 37.6 Å². The van der Waals surface area contributed by atoms with E-state index in [0.29, 0.717) is 11.7 Å². The first kappa shape index (κ1) is 11.4. The largest absolute Gasteiger partial charge is 0.337 e. The summed E-state index contributed by atoms with van der Waals surface area (Å²) in [6.45, 7) is 0. The van der Waals surface area contributed by atoms with E-state index in [2.05, 4.69) is 15.1 Å². The molecule has 2 aromatic heterocycles. The molecule has 1 fully saturated rings. The lowest BCUT2D eigenvalue weighted by Crippen LogP contribution is -2.38. The van der Waals surface area contributed by atoms with E-state index in [4.69, 9.17) is 10.3 Å². The second kappa shape index (κ2) is 4.20. The summed E-state index contributed by atoms with van der Waals surface area (Å²) < 4.78 is 7.22. The molecule has 0 aromatic carbocycles. The quantitative estimate of drug-likeness (QED) is 0.871. The Balaban J connectivity index is 1.92. The number of rotatable bonds is 2. The van der Waals surface area contributed by atoms with Crippen molar-refractivity contribution in [3.63, 3.8) is 0 Å². The van der Waals surface area contributed by atoms with Crippen LogP contribution in [0.1, 0.15) is 38.0 Å². The van der Waals surface area contributed by atoms with Crippen LogP contribution in [0.15, 0.2) is 17.0 Å². The fourth-order valence-corrected chi connectivity index (χ4v) is 2.50. The number of hydrogen-bond acceptors (Lipinski definition) is 5. The molecule has 2 N–H and O–H groups in total. The number of imidazole rings is 1. The van der Waals surface area contributed by atoms with Gasteiger partial charge in [-0.3, -0.25) is 0 Å². The first-order valence-electron chi connectivity index (χ1n) is 6.29. The molecule has 0 radical (unpaired) electrons. The number of nitrogens with zero attached hydrogens (tertiary/aromatic N) is 4. The van der Waals surface area contributed by atoms with Crippen LogP contribution in [-0.4, -0.2) is 19.7 Å². The minimum absolute atomic E-state index is 0.442. The van der Waals surface area contributed by atoms with Crippen LogP contribution in [0.5, 0.6) is 0 Å². The monoisotopic (exact) mass is 247 g/mol. The van der Waals surface area contributed by atoms with Gasteiger partial charge in [0.1, 0.15) is 5.69 Å². The molecule has 1 aliphatic rings. The Morgan fingerprint density at radius 2 is 2.11 bits per heavy atom. The average molecular weight is 247 g/mol. The fraction of sp³-hybridized carbons (Fsp3) is 0.583. The summed E-state index contributed by atoms with van der Waals surface area (Å²) in [6, 6.07) is 0. The third kappa shape index (κ3) is 1.82. The molecule has 3 rings (SSSR count). The molecule has 0 amide bonds. The van der Waals surface area contributed by atoms with Crippen molar-refractivity contribution in [3.05, 3.63) is 18.4 Å². The van der Waals surface area contributed by atoms with Crippen molar-refractivity contribution in [2.24, 2.45) is 12.8 Å². The summed E-state index contributed by atoms with van der Waals surface area (Å²) >= 11 is 0. The molecule has 0 unspecified atom stereocenters. The predicted molar refractivity (Wildman–Crippen MR) is 65.5 cm³/mol. The summed E-state index contributed by atoms with van der Waals surface area (Å²) in [6.07, 6.45) is 8.75. The average Bonchev–Trinajstić information content (AvgIpc) is 2.98. The Kier molecular flexibility index (Phi) is 2.66. The molecule has 0 saturated heterocycles. The SMILES string of the molecule is Cn1cncc1-c1noc(C2(N)CCCCC2)n1. The molecule has 6 nitrogen and oxygen atoms in total. The number of hydrogen-bond donors (Lipinski definition) is 1. The third-order valence-electron chi connectivity index (χ3n) is 3.64. The molecule has 0 bridgehead atoms. The van der Waals surface area contributed by atoms with Gasteiger partial charge in [-0.2, -0.15) is 4.98 Å². The Morgan fingerprint density at radius 3 is 2.78 bits per heavy atom. The highest BCUT2D eigenvalue weighted by Gasteiger charge is 2.35. The van der Waals surface area contributed by atoms with E-state index in [0.717, 1.165) is 31.4 Å². The lowest BCUT2D eigenvalue weighted by Gasteiger charge is -2.29. The van der Waals surface area contributed by atoms with E-state index >= 15 is 0 Å². The molecule has 2 heterocycles. The van der Waals surface area contributed by atoms with Gasteiger partial charge < -0.3 is 14.8 Å². The zero-order valence-electron chi connectivity index (χ0n) is 10.5. The summed E-state index contributed by atoms with van der Waals surface area (Å²) in [5.41, 5.74) is 6.76. The van der Waals surface area contributed by atoms with Gasteiger partial charge in [0.15, 0.2) is 0 Å². The maximum atomic E-state index is 6.37. The highest BCUT2D eigenvalue weighted by Crippen LogP contribution is 2.34. The van der Waals surface area contributed by atoms with Crippen molar-refractivity contribution in [3.8, 4) is 11.5 Å². The molecule has 0 aliphatic heterocycles. The lowest BCUT2D eigenvalue weighted by molar-refractivity contribution is 0.220. The Bertz CT molecular complexity index is 538. The molecule has 96 valence electrons. The van der Waals surface area contributed by atoms with Crippen LogP contribution < -0.4 is 5.73 Å². The van der Waals surface area contributed by atoms with E-state index in [-0.39, 0.29) is 0 Å². The smallest absolute Gasteiger partial charge is 0.247 e. The van der Waals surface area contributed by atoms with E-state index in [1.807, 2.05) is 11.6 Å². The first-order valence-corrected chi connectivity index (χ1v) is 6.29. The first-order chi connectivity index (χ1) is 8.69. The van der Waals surface area contributed by atoms with Gasteiger partial charge in [0.05, 0.1) is 18.1 Å². The summed E-state index contributed by atoms with van der Waals surface area (Å²) in [5, 5.41) is 4.01. The summed E-state index contributed by atoms with van der Waals surface area (Å²) in [4.78, 5) is 8.49. The van der Waals surface area contributed by atoms with E-state index in [1.54, 1.807) is 12.5 Å². The molecule has 18 heavy (non-hydrogen) atoms. The lowest BCUT2D eigenvalue weighted by atomic mass is 9.82. The van der Waals surface area contributed by atoms with Gasteiger partial charge >= 0.3 is 0 Å². The number of aromatic nitrogens is 4. The highest BCUT2D eigenvalue weighted by molar-refractivity contribution is 5.47. The molecular formula is C12H17N5O. The summed E-state index contributed by atoms with van der Waals surface area (Å²) in [7, 11) is 1.90. The normalized spacial score (nSPS) is 19.0. The minimum Gasteiger partial charge on any atom is -0.337 e. The van der Waals surface area contributed by atoms with Gasteiger partial charge in [-0.05, 0) is 12.8 Å². The molecule has 1 saturated carbocycles. The van der Waals surface area contributed by atoms with Crippen LogP contribution in [0, 0.1) is 0 Å². The van der Waals surface area contributed by atoms with Crippen LogP contribution in [0.25, 0.3) is 11.5 Å². The van der Waals surface area contributed by atoms with Gasteiger partial charge in [0, 0.05) is 7.05 Å². The molecular weight excluding hydrogens is 230 g/mol. The highest BCUT2D eigenvalue weighted by atomic mass is 16.5. The van der Waals surface area contributed by atoms with Crippen molar-refractivity contribution in [1.82, 2.24) is 19.7 Å². The van der Waals surface area contributed by atoms with Crippen LogP contribution in [-0.2, 0) is 12.6 Å². The van der Waals surface area contributed by atoms with Crippen LogP contribution in [0.4, 0.5) is 0 Å². The zero-order valence-corrected chi connectivity index (χ0v) is 10.5. The third-order valence-corrected chi connectivity index (χ3v) is 3.64. The fourth-order valence-electron chi connectivity index (χ4n) is 2.50. The number of nitrogens with two attached hydrogens (primary N) is 1. The maximum absolute atomic E-state index is 6.37. The van der Waals surface area contributed by atoms with Crippen LogP contribution in [0.2, 0.25) is 0 Å². The van der Waals surface area contributed by atoms with Crippen LogP contribution >= 0.6 is 0 Å². The Hall–Kier alpha value is -1.69. The van der Waals surface area contributed by atoms with Crippen LogP contribution in [0.3, 0.4) is 0 Å². The van der Waals surface area contributed by atoms with E-state index in [1.165, 1.54) is 6.42 Å². The van der Waals surface area contributed by atoms with Crippen molar-refractivity contribution >= 4 is 0 Å². The molecule has 1 aliphatic carbocycles. The molecule has 2 aromatic rings. The number of aryl methyl sites for hydroxylation is 1. The second-order valence-corrected chi connectivity index (χ2v) is 5.03. The molecule has 6 heteroatoms. The van der Waals surface area contributed by atoms with Crippen molar-refractivity contribution in [1.29, 1.82) is 0 Å². The topological polar surface area (TPSA) is 82.8 Å². The Labute approximate surface area is 105 Å². The predicted octanol–water partition coefficient (Wildman–Crippen LogP) is 1.59. The second-order valence-electron chi connectivity index (χ2n) is 5.03. The van der Waals surface area contributed by atoms with E-state index in [9.17, 15) is 0 Å². The maximum Gasteiger partial charge on any atom is 0.247 e. The minimum atomic E-state index is -0.442. The van der Waals surface area contributed by atoms with Gasteiger partial charge in [0.25, 0.3) is 0 Å². The van der Waals surface area contributed by atoms with Crippen molar-refractivity contribution in [2.75, 3.05) is 0 Å². The summed E-state index contributed by atoms with van der Waals surface area (Å²) in [5.74, 6) is 1.11. The van der Waals surface area contributed by atoms with E-state index < -0.39 is 5.54 Å². The molecule has 0 atom stereocenters. The Morgan fingerprint density at radius 1 is 1.33 bits per heavy atom. The van der Waals surface area contributed by atoms with Gasteiger partial charge in [-0.25, -0.2) is 4.98 Å². The van der Waals surface area contributed by atoms with Gasteiger partial charge in [-0.15, -0.1) is 0 Å². The zero-order chi connectivity index (χ0) is 12.6. The standard InChI is InChI=1S/C12H17N5O/c1-17-8-14-7-9(17)10-15-11(18-16-10)12(13)5-3-2-4-6-12/h7-8H,2-6,13H2,1H3. The van der Waals surface area contributed by atoms with Gasteiger partial charge in [0.2, 0.25) is 11.7 Å². The molecule has 0 spiro atoms. The van der Waals surface area contributed by atoms with Gasteiger partial charge in [-0.1, -0.05) is 24.4 Å².